The Morgan fingerprint density at radius 1 is 1.39 bits per heavy atom. The van der Waals surface area contributed by atoms with Gasteiger partial charge in [0.25, 0.3) is 5.91 Å². The quantitative estimate of drug-likeness (QED) is 0.860. The minimum absolute atomic E-state index is 0.0572. The molecule has 0 saturated carbocycles. The van der Waals surface area contributed by atoms with Crippen molar-refractivity contribution in [2.75, 3.05) is 11.9 Å². The molecule has 2 rings (SSSR count). The molecule has 2 atom stereocenters. The van der Waals surface area contributed by atoms with Crippen molar-refractivity contribution >= 4 is 11.6 Å². The highest BCUT2D eigenvalue weighted by molar-refractivity contribution is 5.83. The van der Waals surface area contributed by atoms with Crippen molar-refractivity contribution < 1.29 is 9.53 Å². The van der Waals surface area contributed by atoms with E-state index in [0.717, 1.165) is 11.4 Å². The van der Waals surface area contributed by atoms with Gasteiger partial charge in [0.15, 0.2) is 6.10 Å². The molecule has 2 unspecified atom stereocenters. The van der Waals surface area contributed by atoms with E-state index in [9.17, 15) is 4.79 Å². The first-order valence-corrected chi connectivity index (χ1v) is 6.38. The molecule has 98 valence electrons. The van der Waals surface area contributed by atoms with Crippen molar-refractivity contribution in [2.45, 2.75) is 32.9 Å². The number of para-hydroxylation sites is 2. The van der Waals surface area contributed by atoms with Crippen LogP contribution in [0, 0.1) is 5.92 Å². The summed E-state index contributed by atoms with van der Waals surface area (Å²) < 4.78 is 5.70. The van der Waals surface area contributed by atoms with Gasteiger partial charge in [0, 0.05) is 6.04 Å². The van der Waals surface area contributed by atoms with Gasteiger partial charge in [-0.2, -0.15) is 0 Å². The molecule has 0 saturated heterocycles. The molecule has 0 spiro atoms. The average molecular weight is 248 g/mol. The van der Waals surface area contributed by atoms with Crippen LogP contribution in [0.5, 0.6) is 5.75 Å². The second-order valence-corrected chi connectivity index (χ2v) is 5.02. The minimum atomic E-state index is -0.457. The highest BCUT2D eigenvalue weighted by Gasteiger charge is 2.26. The molecular formula is C14H20N2O2. The zero-order valence-corrected chi connectivity index (χ0v) is 11.1. The van der Waals surface area contributed by atoms with Crippen LogP contribution < -0.4 is 15.4 Å². The largest absolute Gasteiger partial charge is 0.477 e. The molecule has 0 fully saturated rings. The maximum absolute atomic E-state index is 12.0. The summed E-state index contributed by atoms with van der Waals surface area (Å²) in [5.41, 5.74) is 0.943. The maximum Gasteiger partial charge on any atom is 0.263 e. The van der Waals surface area contributed by atoms with Gasteiger partial charge in [0.1, 0.15) is 5.75 Å². The molecule has 1 aliphatic rings. The molecule has 1 amide bonds. The summed E-state index contributed by atoms with van der Waals surface area (Å²) in [7, 11) is 0. The molecule has 4 nitrogen and oxygen atoms in total. The van der Waals surface area contributed by atoms with Crippen LogP contribution in [0.2, 0.25) is 0 Å². The van der Waals surface area contributed by atoms with Gasteiger partial charge in [-0.25, -0.2) is 0 Å². The predicted molar refractivity (Wildman–Crippen MR) is 71.8 cm³/mol. The van der Waals surface area contributed by atoms with E-state index in [4.69, 9.17) is 4.74 Å². The fraction of sp³-hybridized carbons (Fsp3) is 0.500. The third kappa shape index (κ3) is 2.75. The first-order chi connectivity index (χ1) is 8.58. The Labute approximate surface area is 108 Å². The maximum atomic E-state index is 12.0. The standard InChI is InChI=1S/C14H20N2O2/c1-9(2)10(3)16-14(17)13-8-15-11-6-4-5-7-12(11)18-13/h4-7,9-10,13,15H,8H2,1-3H3,(H,16,17). The number of hydrogen-bond donors (Lipinski definition) is 2. The smallest absolute Gasteiger partial charge is 0.263 e. The number of hydrogen-bond acceptors (Lipinski definition) is 3. The number of rotatable bonds is 3. The highest BCUT2D eigenvalue weighted by Crippen LogP contribution is 2.28. The molecule has 1 aromatic rings. The van der Waals surface area contributed by atoms with Crippen LogP contribution in [-0.2, 0) is 4.79 Å². The van der Waals surface area contributed by atoms with Gasteiger partial charge in [-0.3, -0.25) is 4.79 Å². The van der Waals surface area contributed by atoms with Crippen molar-refractivity contribution in [2.24, 2.45) is 5.92 Å². The molecule has 0 radical (unpaired) electrons. The fourth-order valence-corrected chi connectivity index (χ4v) is 1.74. The van der Waals surface area contributed by atoms with Crippen molar-refractivity contribution in [1.29, 1.82) is 0 Å². The fourth-order valence-electron chi connectivity index (χ4n) is 1.74. The average Bonchev–Trinajstić information content (AvgIpc) is 2.37. The summed E-state index contributed by atoms with van der Waals surface area (Å²) >= 11 is 0. The Morgan fingerprint density at radius 2 is 2.11 bits per heavy atom. The molecule has 1 heterocycles. The molecule has 18 heavy (non-hydrogen) atoms. The zero-order chi connectivity index (χ0) is 13.1. The van der Waals surface area contributed by atoms with Crippen molar-refractivity contribution in [3.05, 3.63) is 24.3 Å². The predicted octanol–water partition coefficient (Wildman–Crippen LogP) is 2.02. The van der Waals surface area contributed by atoms with E-state index in [-0.39, 0.29) is 11.9 Å². The molecule has 1 aromatic carbocycles. The van der Waals surface area contributed by atoms with Gasteiger partial charge in [0.05, 0.1) is 12.2 Å². The van der Waals surface area contributed by atoms with E-state index in [1.54, 1.807) is 0 Å². The third-order valence-corrected chi connectivity index (χ3v) is 3.30. The number of nitrogens with one attached hydrogen (secondary N) is 2. The monoisotopic (exact) mass is 248 g/mol. The van der Waals surface area contributed by atoms with E-state index in [2.05, 4.69) is 24.5 Å². The molecule has 0 aromatic heterocycles. The SMILES string of the molecule is CC(C)C(C)NC(=O)C1CNc2ccccc2O1. The van der Waals surface area contributed by atoms with Gasteiger partial charge in [0.2, 0.25) is 0 Å². The van der Waals surface area contributed by atoms with E-state index in [1.807, 2.05) is 31.2 Å². The van der Waals surface area contributed by atoms with Crippen LogP contribution in [0.15, 0.2) is 24.3 Å². The lowest BCUT2D eigenvalue weighted by atomic mass is 10.1. The van der Waals surface area contributed by atoms with Crippen molar-refractivity contribution in [3.63, 3.8) is 0 Å². The lowest BCUT2D eigenvalue weighted by molar-refractivity contribution is -0.128. The number of fused-ring (bicyclic) bond motifs is 1. The van der Waals surface area contributed by atoms with Crippen molar-refractivity contribution in [3.8, 4) is 5.75 Å². The number of benzene rings is 1. The Hall–Kier alpha value is -1.71. The summed E-state index contributed by atoms with van der Waals surface area (Å²) in [6, 6.07) is 7.81. The van der Waals surface area contributed by atoms with Crippen LogP contribution in [-0.4, -0.2) is 24.6 Å². The minimum Gasteiger partial charge on any atom is -0.477 e. The van der Waals surface area contributed by atoms with Gasteiger partial charge >= 0.3 is 0 Å². The topological polar surface area (TPSA) is 50.4 Å². The van der Waals surface area contributed by atoms with E-state index in [0.29, 0.717) is 12.5 Å². The van der Waals surface area contributed by atoms with Gasteiger partial charge in [-0.05, 0) is 25.0 Å². The summed E-state index contributed by atoms with van der Waals surface area (Å²) in [6.07, 6.45) is -0.457. The number of anilines is 1. The van der Waals surface area contributed by atoms with Gasteiger partial charge in [-0.15, -0.1) is 0 Å². The van der Waals surface area contributed by atoms with Gasteiger partial charge in [-0.1, -0.05) is 26.0 Å². The zero-order valence-electron chi connectivity index (χ0n) is 11.1. The molecule has 4 heteroatoms. The Bertz CT molecular complexity index is 432. The van der Waals surface area contributed by atoms with Gasteiger partial charge < -0.3 is 15.4 Å². The van der Waals surface area contributed by atoms with E-state index >= 15 is 0 Å². The molecular weight excluding hydrogens is 228 g/mol. The Kier molecular flexibility index (Phi) is 3.75. The summed E-state index contributed by atoms with van der Waals surface area (Å²) in [4.78, 5) is 12.0. The van der Waals surface area contributed by atoms with E-state index < -0.39 is 6.10 Å². The van der Waals surface area contributed by atoms with Crippen LogP contribution in [0.4, 0.5) is 5.69 Å². The van der Waals surface area contributed by atoms with E-state index in [1.165, 1.54) is 0 Å². The summed E-state index contributed by atoms with van der Waals surface area (Å²) in [6.45, 7) is 6.68. The second-order valence-electron chi connectivity index (χ2n) is 5.02. The summed E-state index contributed by atoms with van der Waals surface area (Å²) in [5.74, 6) is 1.09. The Morgan fingerprint density at radius 3 is 2.83 bits per heavy atom. The number of carbonyl (C=O) groups excluding carboxylic acids is 1. The lowest BCUT2D eigenvalue weighted by Crippen LogP contribution is -2.48. The van der Waals surface area contributed by atoms with Crippen LogP contribution in [0.25, 0.3) is 0 Å². The molecule has 1 aliphatic heterocycles. The normalized spacial score (nSPS) is 19.4. The first-order valence-electron chi connectivity index (χ1n) is 6.38. The summed E-state index contributed by atoms with van der Waals surface area (Å²) in [5, 5.41) is 6.19. The van der Waals surface area contributed by atoms with Crippen LogP contribution in [0.3, 0.4) is 0 Å². The third-order valence-electron chi connectivity index (χ3n) is 3.30. The van der Waals surface area contributed by atoms with Crippen molar-refractivity contribution in [1.82, 2.24) is 5.32 Å². The number of ether oxygens (including phenoxy) is 1. The number of carbonyl (C=O) groups is 1. The Balaban J connectivity index is 1.98. The van der Waals surface area contributed by atoms with Crippen LogP contribution in [0.1, 0.15) is 20.8 Å². The molecule has 0 aliphatic carbocycles. The number of amides is 1. The second kappa shape index (κ2) is 5.29. The molecule has 2 N–H and O–H groups in total. The van der Waals surface area contributed by atoms with Crippen LogP contribution >= 0.6 is 0 Å². The first kappa shape index (κ1) is 12.7. The lowest BCUT2D eigenvalue weighted by Gasteiger charge is -2.28. The highest BCUT2D eigenvalue weighted by atomic mass is 16.5. The molecule has 0 bridgehead atoms.